The van der Waals surface area contributed by atoms with Gasteiger partial charge in [-0.1, -0.05) is 5.92 Å². The number of rotatable bonds is 3. The molecule has 9 heteroatoms. The van der Waals surface area contributed by atoms with Gasteiger partial charge in [0.1, 0.15) is 11.9 Å². The molecule has 0 amide bonds. The van der Waals surface area contributed by atoms with Crippen LogP contribution < -0.4 is 11.1 Å². The number of alkyl halides is 4. The van der Waals surface area contributed by atoms with E-state index in [0.717, 1.165) is 6.54 Å². The van der Waals surface area contributed by atoms with Gasteiger partial charge in [0, 0.05) is 19.3 Å². The Labute approximate surface area is 154 Å². The van der Waals surface area contributed by atoms with Gasteiger partial charge in [0.05, 0.1) is 30.4 Å². The summed E-state index contributed by atoms with van der Waals surface area (Å²) < 4.78 is 54.8. The number of imidazole rings is 1. The number of likely N-dealkylation sites (tertiary alicyclic amines) is 1. The molecule has 3 rings (SSSR count). The lowest BCUT2D eigenvalue weighted by molar-refractivity contribution is -0.128. The number of piperidine rings is 1. The van der Waals surface area contributed by atoms with E-state index in [1.165, 1.54) is 10.6 Å². The number of nitrogens with two attached hydrogens (primary N) is 1. The topological polar surface area (TPSA) is 58.6 Å². The van der Waals surface area contributed by atoms with Gasteiger partial charge in [-0.25, -0.2) is 9.37 Å². The Kier molecular flexibility index (Phi) is 5.58. The van der Waals surface area contributed by atoms with Crippen molar-refractivity contribution in [1.82, 2.24) is 14.3 Å². The van der Waals surface area contributed by atoms with Gasteiger partial charge in [0.2, 0.25) is 0 Å². The van der Waals surface area contributed by atoms with Gasteiger partial charge in [0.15, 0.2) is 5.65 Å². The predicted molar refractivity (Wildman–Crippen MR) is 95.3 cm³/mol. The lowest BCUT2D eigenvalue weighted by Crippen LogP contribution is -2.46. The highest BCUT2D eigenvalue weighted by Gasteiger charge is 2.32. The van der Waals surface area contributed by atoms with E-state index in [9.17, 15) is 17.6 Å². The van der Waals surface area contributed by atoms with Gasteiger partial charge in [-0.3, -0.25) is 0 Å². The van der Waals surface area contributed by atoms with Crippen LogP contribution in [0.3, 0.4) is 0 Å². The molecule has 0 radical (unpaired) electrons. The molecule has 2 aromatic heterocycles. The van der Waals surface area contributed by atoms with Crippen molar-refractivity contribution in [2.45, 2.75) is 31.2 Å². The number of nitrogens with one attached hydrogen (secondary N) is 1. The molecular weight excluding hydrogens is 362 g/mol. The van der Waals surface area contributed by atoms with Crippen LogP contribution in [0.25, 0.3) is 5.65 Å². The molecule has 0 spiro atoms. The Morgan fingerprint density at radius 1 is 1.41 bits per heavy atom. The SMILES string of the molecule is CN1CC[C@@H](Nc2cccn3c(CC(F)(F)F)c(C#CCN)nc23)[C@@H](F)C1. The predicted octanol–water partition coefficient (Wildman–Crippen LogP) is 2.20. The number of pyridine rings is 1. The molecular formula is C18H21F4N5. The average molecular weight is 383 g/mol. The molecule has 3 N–H and O–H groups in total. The molecule has 1 fully saturated rings. The van der Waals surface area contributed by atoms with Crippen molar-refractivity contribution >= 4 is 11.3 Å². The summed E-state index contributed by atoms with van der Waals surface area (Å²) in [7, 11) is 1.85. The van der Waals surface area contributed by atoms with E-state index in [1.54, 1.807) is 12.1 Å². The molecule has 27 heavy (non-hydrogen) atoms. The van der Waals surface area contributed by atoms with Gasteiger partial charge in [-0.2, -0.15) is 13.2 Å². The smallest absolute Gasteiger partial charge is 0.376 e. The fourth-order valence-electron chi connectivity index (χ4n) is 3.24. The van der Waals surface area contributed by atoms with Gasteiger partial charge in [-0.15, -0.1) is 0 Å². The minimum absolute atomic E-state index is 0.0174. The lowest BCUT2D eigenvalue weighted by Gasteiger charge is -2.33. The number of aromatic nitrogens is 2. The third kappa shape index (κ3) is 4.51. The number of hydrogen-bond acceptors (Lipinski definition) is 4. The maximum Gasteiger partial charge on any atom is 0.394 e. The largest absolute Gasteiger partial charge is 0.394 e. The molecule has 0 aromatic carbocycles. The van der Waals surface area contributed by atoms with Crippen molar-refractivity contribution in [3.8, 4) is 11.8 Å². The van der Waals surface area contributed by atoms with E-state index >= 15 is 0 Å². The molecule has 3 heterocycles. The molecule has 0 saturated carbocycles. The van der Waals surface area contributed by atoms with E-state index in [-0.39, 0.29) is 17.9 Å². The van der Waals surface area contributed by atoms with Crippen molar-refractivity contribution in [2.24, 2.45) is 5.73 Å². The van der Waals surface area contributed by atoms with E-state index in [1.807, 2.05) is 11.9 Å². The Morgan fingerprint density at radius 3 is 2.85 bits per heavy atom. The number of hydrogen-bond donors (Lipinski definition) is 2. The fraction of sp³-hybridized carbons (Fsp3) is 0.500. The molecule has 5 nitrogen and oxygen atoms in total. The molecule has 0 bridgehead atoms. The first-order chi connectivity index (χ1) is 12.8. The Bertz CT molecular complexity index is 864. The van der Waals surface area contributed by atoms with Crippen LogP contribution in [-0.4, -0.2) is 59.4 Å². The normalized spacial score (nSPS) is 21.1. The van der Waals surface area contributed by atoms with Crippen molar-refractivity contribution in [1.29, 1.82) is 0 Å². The second-order valence-electron chi connectivity index (χ2n) is 6.64. The molecule has 2 atom stereocenters. The van der Waals surface area contributed by atoms with E-state index in [4.69, 9.17) is 5.73 Å². The average Bonchev–Trinajstić information content (AvgIpc) is 2.92. The van der Waals surface area contributed by atoms with E-state index in [0.29, 0.717) is 24.3 Å². The maximum atomic E-state index is 14.3. The number of fused-ring (bicyclic) bond motifs is 1. The number of nitrogens with zero attached hydrogens (tertiary/aromatic N) is 3. The van der Waals surface area contributed by atoms with Gasteiger partial charge >= 0.3 is 6.18 Å². The number of halogens is 4. The van der Waals surface area contributed by atoms with Crippen LogP contribution in [0.2, 0.25) is 0 Å². The third-order valence-electron chi connectivity index (χ3n) is 4.51. The van der Waals surface area contributed by atoms with Crippen LogP contribution in [0, 0.1) is 11.8 Å². The standard InChI is InChI=1S/C18H21F4N5/c1-26-9-6-13(12(19)11-26)24-15-5-3-8-27-16(10-18(20,21)22)14(4-2-7-23)25-17(15)27/h3,5,8,12-13,24H,6-7,9-11,23H2,1H3/t12-,13+/m0/s1. The second kappa shape index (κ2) is 7.74. The zero-order valence-electron chi connectivity index (χ0n) is 14.9. The molecule has 1 aliphatic heterocycles. The Hall–Kier alpha value is -2.31. The monoisotopic (exact) mass is 383 g/mol. The van der Waals surface area contributed by atoms with Crippen molar-refractivity contribution < 1.29 is 17.6 Å². The summed E-state index contributed by atoms with van der Waals surface area (Å²) in [5, 5.41) is 3.11. The summed E-state index contributed by atoms with van der Waals surface area (Å²) >= 11 is 0. The highest BCUT2D eigenvalue weighted by Crippen LogP contribution is 2.28. The molecule has 1 aliphatic rings. The second-order valence-corrected chi connectivity index (χ2v) is 6.64. The molecule has 0 aliphatic carbocycles. The van der Waals surface area contributed by atoms with Crippen LogP contribution in [-0.2, 0) is 6.42 Å². The van der Waals surface area contributed by atoms with E-state index in [2.05, 4.69) is 22.1 Å². The van der Waals surface area contributed by atoms with Crippen LogP contribution in [0.15, 0.2) is 18.3 Å². The van der Waals surface area contributed by atoms with Gasteiger partial charge in [-0.05, 0) is 31.5 Å². The minimum Gasteiger partial charge on any atom is -0.376 e. The highest BCUT2D eigenvalue weighted by molar-refractivity contribution is 5.70. The summed E-state index contributed by atoms with van der Waals surface area (Å²) in [4.78, 5) is 6.18. The van der Waals surface area contributed by atoms with Crippen LogP contribution in [0.1, 0.15) is 17.8 Å². The van der Waals surface area contributed by atoms with Crippen molar-refractivity contribution in [3.63, 3.8) is 0 Å². The van der Waals surface area contributed by atoms with E-state index < -0.39 is 24.8 Å². The molecule has 2 aromatic rings. The summed E-state index contributed by atoms with van der Waals surface area (Å²) in [6, 6.07) is 2.87. The summed E-state index contributed by atoms with van der Waals surface area (Å²) in [5.74, 6) is 5.17. The number of anilines is 1. The van der Waals surface area contributed by atoms with Gasteiger partial charge in [0.25, 0.3) is 0 Å². The quantitative estimate of drug-likeness (QED) is 0.630. The molecule has 0 unspecified atom stereocenters. The van der Waals surface area contributed by atoms with Crippen LogP contribution >= 0.6 is 0 Å². The van der Waals surface area contributed by atoms with Gasteiger partial charge < -0.3 is 20.4 Å². The minimum atomic E-state index is -4.41. The molecule has 1 saturated heterocycles. The summed E-state index contributed by atoms with van der Waals surface area (Å²) in [6.07, 6.45) is -4.55. The zero-order valence-corrected chi connectivity index (χ0v) is 14.9. The first-order valence-corrected chi connectivity index (χ1v) is 8.63. The lowest BCUT2D eigenvalue weighted by atomic mass is 10.0. The Balaban J connectivity index is 2.00. The van der Waals surface area contributed by atoms with Crippen LogP contribution in [0.5, 0.6) is 0 Å². The first kappa shape index (κ1) is 19.5. The summed E-state index contributed by atoms with van der Waals surface area (Å²) in [6.45, 7) is 1.06. The fourth-order valence-corrected chi connectivity index (χ4v) is 3.24. The van der Waals surface area contributed by atoms with Crippen molar-refractivity contribution in [3.05, 3.63) is 29.7 Å². The zero-order chi connectivity index (χ0) is 19.6. The van der Waals surface area contributed by atoms with Crippen molar-refractivity contribution in [2.75, 3.05) is 32.0 Å². The highest BCUT2D eigenvalue weighted by atomic mass is 19.4. The first-order valence-electron chi connectivity index (χ1n) is 8.63. The molecule has 146 valence electrons. The van der Waals surface area contributed by atoms with Crippen LogP contribution in [0.4, 0.5) is 23.2 Å². The maximum absolute atomic E-state index is 14.3. The Morgan fingerprint density at radius 2 is 2.19 bits per heavy atom. The third-order valence-corrected chi connectivity index (χ3v) is 4.51. The summed E-state index contributed by atoms with van der Waals surface area (Å²) in [5.41, 5.74) is 6.10.